The number of halogens is 2. The zero-order valence-electron chi connectivity index (χ0n) is 9.16. The number of benzene rings is 2. The molecule has 2 aromatic carbocycles. The van der Waals surface area contributed by atoms with E-state index < -0.39 is 6.17 Å². The first-order chi connectivity index (χ1) is 8.18. The Morgan fingerprint density at radius 2 is 1.82 bits per heavy atom. The summed E-state index contributed by atoms with van der Waals surface area (Å²) in [6.45, 7) is 0.622. The lowest BCUT2D eigenvalue weighted by Crippen LogP contribution is -2.43. The molecule has 1 N–H and O–H groups in total. The molecule has 0 bridgehead atoms. The molecule has 0 unspecified atom stereocenters. The van der Waals surface area contributed by atoms with E-state index in [1.807, 2.05) is 36.4 Å². The molecule has 0 aliphatic carbocycles. The van der Waals surface area contributed by atoms with Gasteiger partial charge in [-0.2, -0.15) is 8.78 Å². The molecule has 2 nitrogen and oxygen atoms in total. The van der Waals surface area contributed by atoms with Crippen LogP contribution < -0.4 is 10.2 Å². The minimum atomic E-state index is -2.95. The van der Waals surface area contributed by atoms with Gasteiger partial charge < -0.3 is 0 Å². The predicted octanol–water partition coefficient (Wildman–Crippen LogP) is 2.80. The van der Waals surface area contributed by atoms with Crippen molar-refractivity contribution in [3.05, 3.63) is 42.5 Å². The molecular weight excluding hydrogens is 222 g/mol. The van der Waals surface area contributed by atoms with Crippen LogP contribution in [0.2, 0.25) is 0 Å². The Morgan fingerprint density at radius 1 is 1.06 bits per heavy atom. The third-order valence-corrected chi connectivity index (χ3v) is 3.07. The summed E-state index contributed by atoms with van der Waals surface area (Å²) >= 11 is 0. The maximum absolute atomic E-state index is 13.6. The molecule has 1 aliphatic heterocycles. The van der Waals surface area contributed by atoms with E-state index in [1.165, 1.54) is 0 Å². The SMILES string of the molecule is FC1(F)NCCN1c1cccc2ccccc12. The van der Waals surface area contributed by atoms with Crippen LogP contribution in [0.3, 0.4) is 0 Å². The molecule has 2 aromatic rings. The monoisotopic (exact) mass is 234 g/mol. The highest BCUT2D eigenvalue weighted by Crippen LogP contribution is 2.33. The molecule has 1 fully saturated rings. The Morgan fingerprint density at radius 3 is 2.59 bits per heavy atom. The molecule has 0 atom stereocenters. The van der Waals surface area contributed by atoms with E-state index in [9.17, 15) is 8.78 Å². The molecule has 17 heavy (non-hydrogen) atoms. The van der Waals surface area contributed by atoms with Crippen molar-refractivity contribution >= 4 is 16.5 Å². The maximum atomic E-state index is 13.6. The molecule has 88 valence electrons. The van der Waals surface area contributed by atoms with Crippen molar-refractivity contribution in [2.24, 2.45) is 0 Å². The quantitative estimate of drug-likeness (QED) is 0.763. The smallest absolute Gasteiger partial charge is 0.298 e. The van der Waals surface area contributed by atoms with E-state index in [4.69, 9.17) is 0 Å². The zero-order chi connectivity index (χ0) is 11.9. The molecule has 0 radical (unpaired) electrons. The van der Waals surface area contributed by atoms with E-state index >= 15 is 0 Å². The zero-order valence-corrected chi connectivity index (χ0v) is 9.16. The largest absolute Gasteiger partial charge is 0.389 e. The Kier molecular flexibility index (Phi) is 2.26. The minimum Gasteiger partial charge on any atom is -0.298 e. The molecule has 0 amide bonds. The Balaban J connectivity index is 2.17. The van der Waals surface area contributed by atoms with Crippen LogP contribution in [0.15, 0.2) is 42.5 Å². The van der Waals surface area contributed by atoms with Gasteiger partial charge in [0, 0.05) is 18.5 Å². The van der Waals surface area contributed by atoms with Crippen molar-refractivity contribution in [3.8, 4) is 0 Å². The summed E-state index contributed by atoms with van der Waals surface area (Å²) in [5.74, 6) is 0. The van der Waals surface area contributed by atoms with Crippen LogP contribution in [0.4, 0.5) is 14.5 Å². The van der Waals surface area contributed by atoms with Gasteiger partial charge >= 0.3 is 6.17 Å². The highest BCUT2D eigenvalue weighted by molar-refractivity contribution is 5.94. The van der Waals surface area contributed by atoms with Crippen molar-refractivity contribution in [2.75, 3.05) is 18.0 Å². The van der Waals surface area contributed by atoms with Crippen molar-refractivity contribution in [1.29, 1.82) is 0 Å². The fourth-order valence-corrected chi connectivity index (χ4v) is 2.27. The van der Waals surface area contributed by atoms with Crippen LogP contribution in [-0.4, -0.2) is 19.3 Å². The third kappa shape index (κ3) is 1.65. The maximum Gasteiger partial charge on any atom is 0.389 e. The number of fused-ring (bicyclic) bond motifs is 1. The number of nitrogens with zero attached hydrogens (tertiary/aromatic N) is 1. The summed E-state index contributed by atoms with van der Waals surface area (Å²) in [4.78, 5) is 1.12. The molecule has 1 saturated heterocycles. The summed E-state index contributed by atoms with van der Waals surface area (Å²) in [5.41, 5.74) is 0.582. The molecule has 4 heteroatoms. The Bertz CT molecular complexity index is 549. The number of anilines is 1. The van der Waals surface area contributed by atoms with Crippen LogP contribution in [0.25, 0.3) is 10.8 Å². The van der Waals surface area contributed by atoms with Gasteiger partial charge in [0.1, 0.15) is 0 Å². The molecule has 1 heterocycles. The van der Waals surface area contributed by atoms with Gasteiger partial charge in [-0.15, -0.1) is 0 Å². The summed E-state index contributed by atoms with van der Waals surface area (Å²) in [5, 5.41) is 4.04. The normalized spacial score (nSPS) is 18.8. The van der Waals surface area contributed by atoms with Crippen LogP contribution in [0, 0.1) is 0 Å². The second-order valence-electron chi connectivity index (χ2n) is 4.12. The fraction of sp³-hybridized carbons (Fsp3) is 0.231. The van der Waals surface area contributed by atoms with Gasteiger partial charge in [-0.3, -0.25) is 4.90 Å². The van der Waals surface area contributed by atoms with E-state index in [-0.39, 0.29) is 0 Å². The number of rotatable bonds is 1. The molecule has 1 aliphatic rings. The first-order valence-electron chi connectivity index (χ1n) is 5.57. The lowest BCUT2D eigenvalue weighted by atomic mass is 10.1. The number of hydrogen-bond acceptors (Lipinski definition) is 2. The number of alkyl halides is 2. The van der Waals surface area contributed by atoms with Crippen LogP contribution in [-0.2, 0) is 0 Å². The summed E-state index contributed by atoms with van der Waals surface area (Å²) in [6, 6.07) is 13.1. The van der Waals surface area contributed by atoms with Crippen LogP contribution >= 0.6 is 0 Å². The van der Waals surface area contributed by atoms with Gasteiger partial charge in [0.05, 0.1) is 5.69 Å². The first-order valence-corrected chi connectivity index (χ1v) is 5.57. The number of nitrogens with one attached hydrogen (secondary N) is 1. The average Bonchev–Trinajstić information content (AvgIpc) is 2.68. The standard InChI is InChI=1S/C13H12F2N2/c14-13(15)16-8-9-17(13)12-7-3-5-10-4-1-2-6-11(10)12/h1-7,16H,8-9H2. The average molecular weight is 234 g/mol. The van der Waals surface area contributed by atoms with E-state index in [0.29, 0.717) is 18.8 Å². The predicted molar refractivity (Wildman–Crippen MR) is 64.2 cm³/mol. The van der Waals surface area contributed by atoms with Gasteiger partial charge in [-0.1, -0.05) is 36.4 Å². The Labute approximate surface area is 97.8 Å². The van der Waals surface area contributed by atoms with Crippen molar-refractivity contribution in [2.45, 2.75) is 6.17 Å². The summed E-state index contributed by atoms with van der Waals surface area (Å²) in [6.07, 6.45) is -2.95. The van der Waals surface area contributed by atoms with Crippen molar-refractivity contribution < 1.29 is 8.78 Å². The third-order valence-electron chi connectivity index (χ3n) is 3.07. The van der Waals surface area contributed by atoms with Crippen molar-refractivity contribution in [1.82, 2.24) is 5.32 Å². The molecule has 0 saturated carbocycles. The summed E-state index contributed by atoms with van der Waals surface area (Å²) < 4.78 is 27.3. The van der Waals surface area contributed by atoms with E-state index in [1.54, 1.807) is 6.07 Å². The van der Waals surface area contributed by atoms with Crippen LogP contribution in [0.5, 0.6) is 0 Å². The van der Waals surface area contributed by atoms with Gasteiger partial charge in [-0.25, -0.2) is 5.32 Å². The van der Waals surface area contributed by atoms with E-state index in [2.05, 4.69) is 5.32 Å². The fourth-order valence-electron chi connectivity index (χ4n) is 2.27. The van der Waals surface area contributed by atoms with Gasteiger partial charge in [0.2, 0.25) is 0 Å². The molecule has 0 spiro atoms. The topological polar surface area (TPSA) is 15.3 Å². The lowest BCUT2D eigenvalue weighted by Gasteiger charge is -2.26. The van der Waals surface area contributed by atoms with Crippen molar-refractivity contribution in [3.63, 3.8) is 0 Å². The lowest BCUT2D eigenvalue weighted by molar-refractivity contribution is -0.0107. The molecule has 0 aromatic heterocycles. The Hall–Kier alpha value is -1.68. The molecule has 3 rings (SSSR count). The van der Waals surface area contributed by atoms with Crippen LogP contribution in [0.1, 0.15) is 0 Å². The second-order valence-corrected chi connectivity index (χ2v) is 4.12. The summed E-state index contributed by atoms with van der Waals surface area (Å²) in [7, 11) is 0. The highest BCUT2D eigenvalue weighted by Gasteiger charge is 2.41. The minimum absolute atomic E-state index is 0.302. The van der Waals surface area contributed by atoms with Gasteiger partial charge in [-0.05, 0) is 11.5 Å². The van der Waals surface area contributed by atoms with Gasteiger partial charge in [0.15, 0.2) is 0 Å². The van der Waals surface area contributed by atoms with E-state index in [0.717, 1.165) is 15.7 Å². The second kappa shape index (κ2) is 3.67. The highest BCUT2D eigenvalue weighted by atomic mass is 19.3. The molecular formula is C13H12F2N2. The first kappa shape index (κ1) is 10.5. The van der Waals surface area contributed by atoms with Gasteiger partial charge in [0.25, 0.3) is 0 Å². The number of hydrogen-bond donors (Lipinski definition) is 1.